The number of aromatic nitrogens is 8. The molecule has 1 saturated carbocycles. The molecule has 7 heterocycles. The van der Waals surface area contributed by atoms with Crippen LogP contribution in [0.1, 0.15) is 12.5 Å². The number of nitrogens with zero attached hydrogens (tertiary/aromatic N) is 6. The summed E-state index contributed by atoms with van der Waals surface area (Å²) in [7, 11) is -5.03. The molecule has 1 aliphatic carbocycles. The van der Waals surface area contributed by atoms with Crippen molar-refractivity contribution in [2.24, 2.45) is 0 Å². The predicted octanol–water partition coefficient (Wildman–Crippen LogP) is -3.63. The Hall–Kier alpha value is -3.63. The van der Waals surface area contributed by atoms with Gasteiger partial charge in [0.2, 0.25) is 5.95 Å². The number of nitrogens with one attached hydrogen (secondary N) is 2. The van der Waals surface area contributed by atoms with Crippen molar-refractivity contribution in [2.45, 2.75) is 54.2 Å². The third-order valence-corrected chi connectivity index (χ3v) is 9.28. The molecule has 0 spiro atoms. The highest BCUT2D eigenvalue weighted by Gasteiger charge is 2.95. The molecule has 228 valence electrons. The zero-order valence-corrected chi connectivity index (χ0v) is 22.3. The van der Waals surface area contributed by atoms with Crippen LogP contribution in [0.2, 0.25) is 0 Å². The summed E-state index contributed by atoms with van der Waals surface area (Å²) in [5.41, 5.74) is 1.71. The summed E-state index contributed by atoms with van der Waals surface area (Å²) in [5, 5.41) is 31.8. The zero-order valence-electron chi connectivity index (χ0n) is 21.5. The van der Waals surface area contributed by atoms with Gasteiger partial charge in [-0.2, -0.15) is 4.98 Å². The number of anilines is 1. The summed E-state index contributed by atoms with van der Waals surface area (Å²) in [6.45, 7) is -0.765. The molecule has 0 amide bonds. The van der Waals surface area contributed by atoms with Gasteiger partial charge >= 0.3 is 7.82 Å². The average Bonchev–Trinajstić information content (AvgIpc) is 3.55. The molecule has 2 unspecified atom stereocenters. The first-order chi connectivity index (χ1) is 20.5. The van der Waals surface area contributed by atoms with E-state index in [9.17, 15) is 34.4 Å². The number of aromatic amines is 2. The number of nitrogens with two attached hydrogens (primary N) is 1. The molecule has 8 rings (SSSR count). The first kappa shape index (κ1) is 27.0. The van der Waals surface area contributed by atoms with Crippen molar-refractivity contribution in [2.75, 3.05) is 18.9 Å². The van der Waals surface area contributed by atoms with E-state index in [-0.39, 0.29) is 34.9 Å². The monoisotopic (exact) mass is 623 g/mol. The van der Waals surface area contributed by atoms with E-state index < -0.39 is 79.7 Å². The minimum Gasteiger partial charge on any atom is -0.387 e. The molecule has 0 aromatic carbocycles. The van der Waals surface area contributed by atoms with Gasteiger partial charge in [-0.05, 0) is 0 Å². The Kier molecular flexibility index (Phi) is 5.47. The number of ether oxygens (including phenoxy) is 3. The van der Waals surface area contributed by atoms with Gasteiger partial charge in [-0.15, -0.1) is 0 Å². The Morgan fingerprint density at radius 1 is 1.07 bits per heavy atom. The largest absolute Gasteiger partial charge is 0.472 e. The van der Waals surface area contributed by atoms with Gasteiger partial charge in [-0.25, -0.2) is 19.5 Å². The van der Waals surface area contributed by atoms with Gasteiger partial charge in [0, 0.05) is 0 Å². The van der Waals surface area contributed by atoms with E-state index in [0.29, 0.717) is 0 Å². The lowest BCUT2D eigenvalue weighted by Gasteiger charge is -2.31. The first-order valence-electron chi connectivity index (χ1n) is 12.8. The van der Waals surface area contributed by atoms with Gasteiger partial charge < -0.3 is 45.1 Å². The summed E-state index contributed by atoms with van der Waals surface area (Å²) in [6, 6.07) is 0. The van der Waals surface area contributed by atoms with Gasteiger partial charge in [0.15, 0.2) is 46.0 Å². The Morgan fingerprint density at radius 3 is 2.51 bits per heavy atom. The highest BCUT2D eigenvalue weighted by Crippen LogP contribution is 2.73. The van der Waals surface area contributed by atoms with Gasteiger partial charge in [0.05, 0.1) is 32.2 Å². The number of nitrogen functional groups attached to an aromatic ring is 1. The molecular formula is C21H22N9O12P. The van der Waals surface area contributed by atoms with Gasteiger partial charge in [0.25, 0.3) is 11.1 Å². The normalized spacial score (nSPS) is 37.7. The van der Waals surface area contributed by atoms with Crippen molar-refractivity contribution in [3.63, 3.8) is 0 Å². The molecule has 4 aromatic rings. The fourth-order valence-electron chi connectivity index (χ4n) is 6.13. The Morgan fingerprint density at radius 2 is 1.79 bits per heavy atom. The molecular weight excluding hydrogens is 601 g/mol. The van der Waals surface area contributed by atoms with Crippen LogP contribution in [-0.4, -0.2) is 114 Å². The number of H-pyrrole nitrogens is 2. The van der Waals surface area contributed by atoms with E-state index >= 15 is 0 Å². The summed E-state index contributed by atoms with van der Waals surface area (Å²) < 4.78 is 43.7. The zero-order chi connectivity index (χ0) is 30.1. The third kappa shape index (κ3) is 3.50. The van der Waals surface area contributed by atoms with Gasteiger partial charge in [0.1, 0.15) is 30.5 Å². The second kappa shape index (κ2) is 8.72. The minimum absolute atomic E-state index is 0.0115. The van der Waals surface area contributed by atoms with E-state index in [1.807, 2.05) is 0 Å². The fraction of sp³-hybridized carbons (Fsp3) is 0.524. The number of hydrogen-bond acceptors (Lipinski definition) is 16. The quantitative estimate of drug-likeness (QED) is 0.0977. The Bertz CT molecular complexity index is 1960. The van der Waals surface area contributed by atoms with E-state index in [1.165, 1.54) is 21.8 Å². The molecule has 4 aromatic heterocycles. The van der Waals surface area contributed by atoms with Crippen LogP contribution in [-0.2, 0) is 27.8 Å². The SMILES string of the molecule is Nc1nc2c(ncn2[C@@H]2O[C@@]34CO[C@@]3(C4O)[C@H]2OP(=O)(O)OC[C@H]2O[C@@H](n3cnc4c(=O)[nH]cnc43)[C@H](O)[C@@H]2O)c(=O)[nH]1. The molecule has 8 N–H and O–H groups in total. The molecule has 22 heteroatoms. The van der Waals surface area contributed by atoms with Crippen molar-refractivity contribution in [1.29, 1.82) is 0 Å². The number of aliphatic hydroxyl groups excluding tert-OH is 3. The number of imidazole rings is 2. The van der Waals surface area contributed by atoms with E-state index in [4.69, 9.17) is 29.0 Å². The molecule has 43 heavy (non-hydrogen) atoms. The van der Waals surface area contributed by atoms with Crippen molar-refractivity contribution in [3.8, 4) is 0 Å². The summed E-state index contributed by atoms with van der Waals surface area (Å²) in [4.78, 5) is 55.7. The van der Waals surface area contributed by atoms with Crippen LogP contribution in [0.4, 0.5) is 5.95 Å². The minimum atomic E-state index is -5.03. The lowest BCUT2D eigenvalue weighted by Crippen LogP contribution is -2.48. The van der Waals surface area contributed by atoms with E-state index in [0.717, 1.165) is 6.33 Å². The molecule has 3 aliphatic heterocycles. The lowest BCUT2D eigenvalue weighted by molar-refractivity contribution is -0.156. The molecule has 4 aliphatic rings. The average molecular weight is 623 g/mol. The molecule has 10 atom stereocenters. The number of fused-ring (bicyclic) bond motifs is 2. The van der Waals surface area contributed by atoms with Crippen molar-refractivity contribution in [3.05, 3.63) is 39.7 Å². The van der Waals surface area contributed by atoms with Crippen LogP contribution in [0.3, 0.4) is 0 Å². The van der Waals surface area contributed by atoms with Crippen molar-refractivity contribution >= 4 is 36.1 Å². The molecule has 0 bridgehead atoms. The molecule has 4 fully saturated rings. The number of phosphoric ester groups is 1. The predicted molar refractivity (Wildman–Crippen MR) is 135 cm³/mol. The van der Waals surface area contributed by atoms with Crippen LogP contribution in [0.5, 0.6) is 0 Å². The van der Waals surface area contributed by atoms with Gasteiger partial charge in [-0.3, -0.25) is 32.8 Å². The fourth-order valence-corrected chi connectivity index (χ4v) is 7.07. The maximum absolute atomic E-state index is 13.2. The highest BCUT2D eigenvalue weighted by molar-refractivity contribution is 7.47. The number of rotatable bonds is 7. The maximum Gasteiger partial charge on any atom is 0.472 e. The first-order valence-corrected chi connectivity index (χ1v) is 14.3. The van der Waals surface area contributed by atoms with Crippen molar-refractivity contribution in [1.82, 2.24) is 39.0 Å². The Labute approximate surface area is 236 Å². The second-order valence-corrected chi connectivity index (χ2v) is 12.0. The standard InChI is InChI=1S/C21H22N9O12P/c22-19-27-13-8(15(34)28-19)26-5-30(13)17-11(21-18(35)20(21,41-17)2-38-21)42-43(36,37)39-1-6-9(31)10(32)16(40-6)29-4-25-7-12(29)23-3-24-14(7)33/h3-6,9-11,16-18,31-32,35H,1-2H2,(H,36,37)(H,23,24,33)(H3,22,27,28,34)/t6-,9-,10-,11+,16-,17-,18?,20-,21-/m1/s1. The number of hydrogen-bond donors (Lipinski definition) is 7. The van der Waals surface area contributed by atoms with Crippen molar-refractivity contribution < 1.29 is 48.0 Å². The summed E-state index contributed by atoms with van der Waals surface area (Å²) in [6.07, 6.45) is -6.13. The van der Waals surface area contributed by atoms with Crippen LogP contribution in [0.15, 0.2) is 28.6 Å². The van der Waals surface area contributed by atoms with Crippen LogP contribution < -0.4 is 16.9 Å². The van der Waals surface area contributed by atoms with E-state index in [1.54, 1.807) is 0 Å². The smallest absolute Gasteiger partial charge is 0.387 e. The third-order valence-electron chi connectivity index (χ3n) is 8.31. The second-order valence-electron chi connectivity index (χ2n) is 10.5. The van der Waals surface area contributed by atoms with Crippen LogP contribution in [0, 0.1) is 0 Å². The van der Waals surface area contributed by atoms with Crippen LogP contribution >= 0.6 is 7.82 Å². The molecule has 21 nitrogen and oxygen atoms in total. The highest BCUT2D eigenvalue weighted by atomic mass is 31.2. The topological polar surface area (TPSA) is 297 Å². The number of phosphoric acid groups is 1. The molecule has 3 saturated heterocycles. The van der Waals surface area contributed by atoms with E-state index in [2.05, 4.69) is 29.9 Å². The Balaban J connectivity index is 1.03. The van der Waals surface area contributed by atoms with Gasteiger partial charge in [-0.1, -0.05) is 0 Å². The summed E-state index contributed by atoms with van der Waals surface area (Å²) >= 11 is 0. The maximum atomic E-state index is 13.2. The molecule has 0 radical (unpaired) electrons. The number of aliphatic hydroxyl groups is 3. The van der Waals surface area contributed by atoms with Crippen LogP contribution in [0.25, 0.3) is 22.3 Å². The summed E-state index contributed by atoms with van der Waals surface area (Å²) in [5.74, 6) is -0.214. The lowest BCUT2D eigenvalue weighted by atomic mass is 10.1.